The van der Waals surface area contributed by atoms with Gasteiger partial charge in [0.2, 0.25) is 10.0 Å². The molecule has 2 aromatic rings. The lowest BCUT2D eigenvalue weighted by Gasteiger charge is -2.17. The number of rotatable bonds is 8. The molecule has 140 valence electrons. The Balaban J connectivity index is 2.02. The van der Waals surface area contributed by atoms with E-state index in [2.05, 4.69) is 10.0 Å². The lowest BCUT2D eigenvalue weighted by atomic mass is 10.0. The van der Waals surface area contributed by atoms with Crippen molar-refractivity contribution in [2.45, 2.75) is 31.3 Å². The molecule has 0 aliphatic carbocycles. The minimum absolute atomic E-state index is 0.00700. The van der Waals surface area contributed by atoms with E-state index in [1.54, 1.807) is 19.1 Å². The van der Waals surface area contributed by atoms with Crippen LogP contribution in [0.15, 0.2) is 52.0 Å². The van der Waals surface area contributed by atoms with Gasteiger partial charge < -0.3 is 14.8 Å². The molecule has 1 amide bonds. The quantitative estimate of drug-likeness (QED) is 0.639. The van der Waals surface area contributed by atoms with E-state index in [1.807, 2.05) is 0 Å². The number of sulfonamides is 1. The topological polar surface area (TPSA) is 126 Å². The fourth-order valence-corrected chi connectivity index (χ4v) is 3.07. The third-order valence-corrected chi connectivity index (χ3v) is 5.36. The molecule has 0 bridgehead atoms. The van der Waals surface area contributed by atoms with Gasteiger partial charge in [0.1, 0.15) is 5.76 Å². The van der Waals surface area contributed by atoms with Crippen LogP contribution in [0.2, 0.25) is 0 Å². The van der Waals surface area contributed by atoms with E-state index in [0.29, 0.717) is 5.76 Å². The molecule has 0 aliphatic heterocycles. The Morgan fingerprint density at radius 1 is 1.15 bits per heavy atom. The summed E-state index contributed by atoms with van der Waals surface area (Å²) in [5.74, 6) is -1.75. The minimum atomic E-state index is -3.75. The summed E-state index contributed by atoms with van der Waals surface area (Å²) < 4.78 is 31.9. The zero-order valence-electron chi connectivity index (χ0n) is 14.3. The summed E-state index contributed by atoms with van der Waals surface area (Å²) >= 11 is 0. The number of amides is 1. The predicted molar refractivity (Wildman–Crippen MR) is 92.9 cm³/mol. The summed E-state index contributed by atoms with van der Waals surface area (Å²) in [6, 6.07) is 8.09. The average molecular weight is 380 g/mol. The lowest BCUT2D eigenvalue weighted by Crippen LogP contribution is -2.40. The van der Waals surface area contributed by atoms with Crippen molar-refractivity contribution in [3.05, 3.63) is 54.0 Å². The molecule has 26 heavy (non-hydrogen) atoms. The Bertz CT molecular complexity index is 859. The maximum absolute atomic E-state index is 12.2. The van der Waals surface area contributed by atoms with Gasteiger partial charge in [0.25, 0.3) is 5.91 Å². The molecule has 1 aromatic heterocycles. The molecule has 0 fully saturated rings. The number of nitrogens with one attached hydrogen (secondary N) is 2. The Labute approximate surface area is 151 Å². The summed E-state index contributed by atoms with van der Waals surface area (Å²) in [4.78, 5) is 23.1. The zero-order valence-corrected chi connectivity index (χ0v) is 15.1. The number of benzene rings is 1. The number of aliphatic carboxylic acids is 1. The second kappa shape index (κ2) is 8.15. The number of carbonyl (C=O) groups is 2. The van der Waals surface area contributed by atoms with Gasteiger partial charge in [-0.25, -0.2) is 13.1 Å². The Hall–Kier alpha value is -2.65. The smallest absolute Gasteiger partial charge is 0.308 e. The van der Waals surface area contributed by atoms with E-state index in [4.69, 9.17) is 9.52 Å². The van der Waals surface area contributed by atoms with Gasteiger partial charge in [-0.3, -0.25) is 9.59 Å². The Morgan fingerprint density at radius 3 is 2.35 bits per heavy atom. The number of carbonyl (C=O) groups excluding carboxylic acids is 1. The third kappa shape index (κ3) is 4.93. The molecule has 2 atom stereocenters. The van der Waals surface area contributed by atoms with Crippen LogP contribution in [0, 0.1) is 5.92 Å². The minimum Gasteiger partial charge on any atom is -0.481 e. The lowest BCUT2D eigenvalue weighted by molar-refractivity contribution is -0.141. The van der Waals surface area contributed by atoms with Crippen LogP contribution in [0.5, 0.6) is 0 Å². The van der Waals surface area contributed by atoms with E-state index < -0.39 is 33.9 Å². The fraction of sp³-hybridized carbons (Fsp3) is 0.294. The van der Waals surface area contributed by atoms with Crippen molar-refractivity contribution in [1.82, 2.24) is 10.0 Å². The van der Waals surface area contributed by atoms with Gasteiger partial charge in [-0.05, 0) is 50.2 Å². The van der Waals surface area contributed by atoms with E-state index >= 15 is 0 Å². The number of carboxylic acids is 1. The zero-order chi connectivity index (χ0) is 19.3. The van der Waals surface area contributed by atoms with E-state index in [0.717, 1.165) is 0 Å². The molecule has 0 saturated carbocycles. The first kappa shape index (κ1) is 19.7. The van der Waals surface area contributed by atoms with Gasteiger partial charge >= 0.3 is 5.97 Å². The van der Waals surface area contributed by atoms with Crippen LogP contribution in [0.25, 0.3) is 0 Å². The van der Waals surface area contributed by atoms with Crippen LogP contribution >= 0.6 is 0 Å². The highest BCUT2D eigenvalue weighted by atomic mass is 32.2. The number of carboxylic acid groups (broad SMARTS) is 1. The Morgan fingerprint density at radius 2 is 1.81 bits per heavy atom. The second-order valence-electron chi connectivity index (χ2n) is 5.82. The van der Waals surface area contributed by atoms with Gasteiger partial charge in [-0.2, -0.15) is 0 Å². The van der Waals surface area contributed by atoms with Crippen molar-refractivity contribution in [1.29, 1.82) is 0 Å². The van der Waals surface area contributed by atoms with Gasteiger partial charge in [0, 0.05) is 11.6 Å². The first-order chi connectivity index (χ1) is 12.2. The van der Waals surface area contributed by atoms with Crippen molar-refractivity contribution in [3.63, 3.8) is 0 Å². The largest absolute Gasteiger partial charge is 0.481 e. The van der Waals surface area contributed by atoms with Crippen LogP contribution in [-0.4, -0.2) is 31.4 Å². The van der Waals surface area contributed by atoms with E-state index in [9.17, 15) is 18.0 Å². The molecule has 2 rings (SSSR count). The highest BCUT2D eigenvalue weighted by molar-refractivity contribution is 7.89. The number of hydrogen-bond donors (Lipinski definition) is 3. The molecular formula is C17H20N2O6S. The second-order valence-corrected chi connectivity index (χ2v) is 7.58. The van der Waals surface area contributed by atoms with E-state index in [-0.39, 0.29) is 17.0 Å². The summed E-state index contributed by atoms with van der Waals surface area (Å²) in [6.45, 7) is 3.10. The first-order valence-corrected chi connectivity index (χ1v) is 9.35. The molecule has 2 unspecified atom stereocenters. The monoisotopic (exact) mass is 380 g/mol. The van der Waals surface area contributed by atoms with Gasteiger partial charge in [-0.15, -0.1) is 0 Å². The molecular weight excluding hydrogens is 360 g/mol. The highest BCUT2D eigenvalue weighted by Gasteiger charge is 2.22. The van der Waals surface area contributed by atoms with Crippen molar-refractivity contribution in [2.75, 3.05) is 0 Å². The van der Waals surface area contributed by atoms with Crippen LogP contribution in [0.4, 0.5) is 0 Å². The molecule has 0 radical (unpaired) electrons. The van der Waals surface area contributed by atoms with Crippen LogP contribution in [-0.2, 0) is 21.4 Å². The summed E-state index contributed by atoms with van der Waals surface area (Å²) in [5.41, 5.74) is 0.236. The van der Waals surface area contributed by atoms with Crippen molar-refractivity contribution < 1.29 is 27.5 Å². The third-order valence-electron chi connectivity index (χ3n) is 3.94. The molecule has 0 spiro atoms. The first-order valence-electron chi connectivity index (χ1n) is 7.86. The maximum atomic E-state index is 12.2. The Kier molecular flexibility index (Phi) is 6.17. The van der Waals surface area contributed by atoms with Crippen molar-refractivity contribution in [2.24, 2.45) is 5.92 Å². The van der Waals surface area contributed by atoms with Gasteiger partial charge in [-0.1, -0.05) is 0 Å². The standard InChI is InChI=1S/C17H20N2O6S/c1-11(17(21)22)12(2)19-16(20)13-5-7-15(8-6-13)26(23,24)18-10-14-4-3-9-25-14/h3-9,11-12,18H,10H2,1-2H3,(H,19,20)(H,21,22). The molecule has 9 heteroatoms. The van der Waals surface area contributed by atoms with Crippen LogP contribution in [0.1, 0.15) is 30.0 Å². The number of furan rings is 1. The van der Waals surface area contributed by atoms with Crippen LogP contribution < -0.4 is 10.0 Å². The van der Waals surface area contributed by atoms with Crippen molar-refractivity contribution >= 4 is 21.9 Å². The summed E-state index contributed by atoms with van der Waals surface area (Å²) in [7, 11) is -3.75. The SMILES string of the molecule is CC(NC(=O)c1ccc(S(=O)(=O)NCc2ccco2)cc1)C(C)C(=O)O. The van der Waals surface area contributed by atoms with Gasteiger partial charge in [0.15, 0.2) is 0 Å². The van der Waals surface area contributed by atoms with Crippen LogP contribution in [0.3, 0.4) is 0 Å². The predicted octanol–water partition coefficient (Wildman–Crippen LogP) is 1.60. The summed E-state index contributed by atoms with van der Waals surface area (Å²) in [5, 5.41) is 11.5. The highest BCUT2D eigenvalue weighted by Crippen LogP contribution is 2.12. The molecule has 1 heterocycles. The maximum Gasteiger partial charge on any atom is 0.308 e. The molecule has 1 aromatic carbocycles. The normalized spacial score (nSPS) is 13.8. The molecule has 3 N–H and O–H groups in total. The summed E-state index contributed by atoms with van der Waals surface area (Å²) in [6.07, 6.45) is 1.45. The molecule has 0 aliphatic rings. The van der Waals surface area contributed by atoms with Crippen molar-refractivity contribution in [3.8, 4) is 0 Å². The number of hydrogen-bond acceptors (Lipinski definition) is 5. The molecule has 8 nitrogen and oxygen atoms in total. The average Bonchev–Trinajstić information content (AvgIpc) is 3.13. The molecule has 0 saturated heterocycles. The van der Waals surface area contributed by atoms with Gasteiger partial charge in [0.05, 0.1) is 23.6 Å². The fourth-order valence-electron chi connectivity index (χ4n) is 2.08. The van der Waals surface area contributed by atoms with E-state index in [1.165, 1.54) is 37.5 Å².